The average molecular weight is 350 g/mol. The van der Waals surface area contributed by atoms with Gasteiger partial charge in [-0.2, -0.15) is 0 Å². The molecule has 1 saturated heterocycles. The lowest BCUT2D eigenvalue weighted by Gasteiger charge is -2.34. The van der Waals surface area contributed by atoms with E-state index in [-0.39, 0.29) is 36.4 Å². The number of nitrogens with one attached hydrogen (secondary N) is 2. The first kappa shape index (κ1) is 19.0. The minimum Gasteiger partial charge on any atom is -0.459 e. The summed E-state index contributed by atoms with van der Waals surface area (Å²) in [4.78, 5) is 39.4. The van der Waals surface area contributed by atoms with Gasteiger partial charge in [0.25, 0.3) is 5.91 Å². The van der Waals surface area contributed by atoms with Crippen molar-refractivity contribution in [1.29, 1.82) is 0 Å². The van der Waals surface area contributed by atoms with E-state index in [9.17, 15) is 14.4 Å². The third-order valence-corrected chi connectivity index (χ3v) is 4.03. The van der Waals surface area contributed by atoms with E-state index in [2.05, 4.69) is 10.6 Å². The Balaban J connectivity index is 1.62. The van der Waals surface area contributed by atoms with E-state index in [1.165, 1.54) is 6.26 Å². The second-order valence-electron chi connectivity index (χ2n) is 5.99. The monoisotopic (exact) mass is 350 g/mol. The Labute approximate surface area is 147 Å². The Morgan fingerprint density at radius 1 is 1.12 bits per heavy atom. The number of hydrogen-bond donors (Lipinski definition) is 2. The van der Waals surface area contributed by atoms with Crippen molar-refractivity contribution < 1.29 is 18.8 Å². The number of amides is 3. The topological polar surface area (TPSA) is 94.9 Å². The molecule has 0 aliphatic carbocycles. The van der Waals surface area contributed by atoms with Crippen LogP contribution in [0.2, 0.25) is 0 Å². The van der Waals surface area contributed by atoms with Crippen molar-refractivity contribution in [3.8, 4) is 0 Å². The van der Waals surface area contributed by atoms with Crippen LogP contribution in [-0.2, 0) is 9.59 Å². The van der Waals surface area contributed by atoms with Crippen molar-refractivity contribution >= 4 is 17.7 Å². The van der Waals surface area contributed by atoms with Crippen LogP contribution in [0.25, 0.3) is 0 Å². The Bertz CT molecular complexity index is 565. The van der Waals surface area contributed by atoms with Crippen LogP contribution in [-0.4, -0.2) is 73.3 Å². The zero-order valence-corrected chi connectivity index (χ0v) is 14.6. The molecule has 1 aromatic heterocycles. The summed E-state index contributed by atoms with van der Waals surface area (Å²) in [6, 6.07) is 3.22. The summed E-state index contributed by atoms with van der Waals surface area (Å²) >= 11 is 0. The van der Waals surface area contributed by atoms with Gasteiger partial charge in [0.05, 0.1) is 12.8 Å². The second kappa shape index (κ2) is 9.83. The zero-order valence-electron chi connectivity index (χ0n) is 14.6. The van der Waals surface area contributed by atoms with Gasteiger partial charge in [0.15, 0.2) is 5.76 Å². The maximum atomic E-state index is 12.2. The number of piperazine rings is 1. The van der Waals surface area contributed by atoms with E-state index in [4.69, 9.17) is 4.42 Å². The first-order valence-electron chi connectivity index (χ1n) is 8.68. The summed E-state index contributed by atoms with van der Waals surface area (Å²) in [6.45, 7) is 5.94. The molecule has 8 heteroatoms. The largest absolute Gasteiger partial charge is 0.459 e. The lowest BCUT2D eigenvalue weighted by molar-refractivity contribution is -0.133. The minimum absolute atomic E-state index is 0.00910. The number of furan rings is 1. The highest BCUT2D eigenvalue weighted by Crippen LogP contribution is 2.04. The normalized spacial score (nSPS) is 15.0. The number of rotatable bonds is 8. The van der Waals surface area contributed by atoms with E-state index < -0.39 is 0 Å². The summed E-state index contributed by atoms with van der Waals surface area (Å²) in [5.74, 6) is -0.0415. The quantitative estimate of drug-likeness (QED) is 0.692. The van der Waals surface area contributed by atoms with Crippen molar-refractivity contribution in [3.63, 3.8) is 0 Å². The van der Waals surface area contributed by atoms with E-state index in [1.807, 2.05) is 11.8 Å². The van der Waals surface area contributed by atoms with Crippen LogP contribution >= 0.6 is 0 Å². The highest BCUT2D eigenvalue weighted by atomic mass is 16.3. The fourth-order valence-electron chi connectivity index (χ4n) is 2.61. The molecule has 1 fully saturated rings. The van der Waals surface area contributed by atoms with E-state index in [0.29, 0.717) is 39.3 Å². The number of carbonyl (C=O) groups is 3. The minimum atomic E-state index is -0.319. The maximum absolute atomic E-state index is 12.2. The van der Waals surface area contributed by atoms with Crippen molar-refractivity contribution in [1.82, 2.24) is 20.4 Å². The highest BCUT2D eigenvalue weighted by Gasteiger charge is 2.22. The summed E-state index contributed by atoms with van der Waals surface area (Å²) in [6.07, 6.45) is 2.61. The molecule has 2 N–H and O–H groups in total. The molecular formula is C17H26N4O4. The van der Waals surface area contributed by atoms with Gasteiger partial charge in [0, 0.05) is 45.7 Å². The van der Waals surface area contributed by atoms with Crippen molar-refractivity contribution in [3.05, 3.63) is 24.2 Å². The number of carbonyl (C=O) groups excluding carboxylic acids is 3. The predicted octanol–water partition coefficient (Wildman–Crippen LogP) is 0.0699. The van der Waals surface area contributed by atoms with Gasteiger partial charge in [-0.15, -0.1) is 0 Å². The molecule has 0 saturated carbocycles. The van der Waals surface area contributed by atoms with Crippen molar-refractivity contribution in [2.75, 3.05) is 45.8 Å². The number of nitrogens with zero attached hydrogens (tertiary/aromatic N) is 2. The lowest BCUT2D eigenvalue weighted by atomic mass is 10.2. The highest BCUT2D eigenvalue weighted by molar-refractivity contribution is 5.91. The zero-order chi connectivity index (χ0) is 18.1. The molecule has 0 spiro atoms. The average Bonchev–Trinajstić information content (AvgIpc) is 3.15. The molecule has 1 aromatic rings. The molecule has 2 rings (SSSR count). The van der Waals surface area contributed by atoms with Gasteiger partial charge in [-0.05, 0) is 18.6 Å². The molecule has 1 aliphatic rings. The Hall–Kier alpha value is -2.35. The molecular weight excluding hydrogens is 324 g/mol. The molecule has 0 radical (unpaired) electrons. The van der Waals surface area contributed by atoms with Gasteiger partial charge in [-0.25, -0.2) is 0 Å². The third-order valence-electron chi connectivity index (χ3n) is 4.03. The lowest BCUT2D eigenvalue weighted by Crippen LogP contribution is -2.51. The molecule has 0 aromatic carbocycles. The third kappa shape index (κ3) is 6.22. The van der Waals surface area contributed by atoms with Gasteiger partial charge in [0.2, 0.25) is 11.8 Å². The predicted molar refractivity (Wildman–Crippen MR) is 92.0 cm³/mol. The van der Waals surface area contributed by atoms with Crippen molar-refractivity contribution in [2.45, 2.75) is 19.8 Å². The summed E-state index contributed by atoms with van der Waals surface area (Å²) in [7, 11) is 0. The summed E-state index contributed by atoms with van der Waals surface area (Å²) < 4.78 is 4.99. The van der Waals surface area contributed by atoms with E-state index >= 15 is 0 Å². The molecule has 2 heterocycles. The SMILES string of the molecule is CCCNC(=O)CN1CCN(C(=O)CCNC(=O)c2ccco2)CC1. The molecule has 0 atom stereocenters. The van der Waals surface area contributed by atoms with Crippen LogP contribution in [0.1, 0.15) is 30.3 Å². The first-order valence-corrected chi connectivity index (χ1v) is 8.68. The summed E-state index contributed by atoms with van der Waals surface area (Å²) in [5, 5.41) is 5.52. The van der Waals surface area contributed by atoms with Crippen LogP contribution in [0.5, 0.6) is 0 Å². The Morgan fingerprint density at radius 2 is 1.88 bits per heavy atom. The van der Waals surface area contributed by atoms with Gasteiger partial charge >= 0.3 is 0 Å². The smallest absolute Gasteiger partial charge is 0.286 e. The molecule has 3 amide bonds. The Kier molecular flexibility index (Phi) is 7.46. The van der Waals surface area contributed by atoms with E-state index in [1.54, 1.807) is 17.0 Å². The molecule has 8 nitrogen and oxygen atoms in total. The second-order valence-corrected chi connectivity index (χ2v) is 5.99. The van der Waals surface area contributed by atoms with Crippen LogP contribution in [0.4, 0.5) is 0 Å². The fraction of sp³-hybridized carbons (Fsp3) is 0.588. The number of hydrogen-bond acceptors (Lipinski definition) is 5. The first-order chi connectivity index (χ1) is 12.1. The summed E-state index contributed by atoms with van der Waals surface area (Å²) in [5.41, 5.74) is 0. The van der Waals surface area contributed by atoms with Gasteiger partial charge < -0.3 is 20.0 Å². The fourth-order valence-corrected chi connectivity index (χ4v) is 2.61. The molecule has 25 heavy (non-hydrogen) atoms. The van der Waals surface area contributed by atoms with Crippen molar-refractivity contribution in [2.24, 2.45) is 0 Å². The Morgan fingerprint density at radius 3 is 2.52 bits per heavy atom. The van der Waals surface area contributed by atoms with E-state index in [0.717, 1.165) is 6.42 Å². The van der Waals surface area contributed by atoms with Crippen LogP contribution in [0, 0.1) is 0 Å². The van der Waals surface area contributed by atoms with Gasteiger partial charge in [-0.3, -0.25) is 19.3 Å². The van der Waals surface area contributed by atoms with Crippen LogP contribution in [0.3, 0.4) is 0 Å². The molecule has 138 valence electrons. The maximum Gasteiger partial charge on any atom is 0.286 e. The molecule has 0 unspecified atom stereocenters. The van der Waals surface area contributed by atoms with Crippen LogP contribution < -0.4 is 10.6 Å². The van der Waals surface area contributed by atoms with Crippen LogP contribution in [0.15, 0.2) is 22.8 Å². The molecule has 1 aliphatic heterocycles. The van der Waals surface area contributed by atoms with Gasteiger partial charge in [0.1, 0.15) is 0 Å². The van der Waals surface area contributed by atoms with Gasteiger partial charge in [-0.1, -0.05) is 6.92 Å². The standard InChI is InChI=1S/C17H26N4O4/c1-2-6-18-15(22)13-20-8-10-21(11-9-20)16(23)5-7-19-17(24)14-4-3-12-25-14/h3-4,12H,2,5-11,13H2,1H3,(H,18,22)(H,19,24). The molecule has 0 bridgehead atoms.